The molecule has 0 amide bonds. The number of piperazine rings is 1. The Kier molecular flexibility index (Phi) is 4.48. The van der Waals surface area contributed by atoms with Crippen LogP contribution in [0.1, 0.15) is 44.0 Å². The third-order valence-electron chi connectivity index (χ3n) is 6.38. The van der Waals surface area contributed by atoms with Crippen LogP contribution in [0.15, 0.2) is 24.3 Å². The van der Waals surface area contributed by atoms with Gasteiger partial charge in [-0.15, -0.1) is 10.2 Å². The van der Waals surface area contributed by atoms with E-state index in [2.05, 4.69) is 45.5 Å². The van der Waals surface area contributed by atoms with E-state index in [0.29, 0.717) is 17.9 Å². The van der Waals surface area contributed by atoms with Crippen LogP contribution in [0.3, 0.4) is 0 Å². The molecule has 27 heavy (non-hydrogen) atoms. The Bertz CT molecular complexity index is 843. The molecule has 0 atom stereocenters. The summed E-state index contributed by atoms with van der Waals surface area (Å²) in [4.78, 5) is 4.70. The van der Waals surface area contributed by atoms with Crippen molar-refractivity contribution in [2.45, 2.75) is 43.7 Å². The fraction of sp³-hybridized carbons (Fsp3) is 0.600. The largest absolute Gasteiger partial charge is 0.385 e. The van der Waals surface area contributed by atoms with Crippen molar-refractivity contribution in [2.75, 3.05) is 31.6 Å². The van der Waals surface area contributed by atoms with Crippen LogP contribution in [0.5, 0.6) is 0 Å². The van der Waals surface area contributed by atoms with Crippen LogP contribution in [-0.2, 0) is 12.6 Å². The lowest BCUT2D eigenvalue weighted by Crippen LogP contribution is -2.58. The van der Waals surface area contributed by atoms with Gasteiger partial charge in [0.2, 0.25) is 5.95 Å². The minimum Gasteiger partial charge on any atom is -0.385 e. The van der Waals surface area contributed by atoms with Crippen LogP contribution in [0.4, 0.5) is 5.95 Å². The summed E-state index contributed by atoms with van der Waals surface area (Å²) < 4.78 is 2.10. The van der Waals surface area contributed by atoms with Crippen LogP contribution in [-0.4, -0.2) is 57.0 Å². The molecule has 0 radical (unpaired) electrons. The predicted molar refractivity (Wildman–Crippen MR) is 107 cm³/mol. The molecule has 7 heteroatoms. The Balaban J connectivity index is 1.50. The Morgan fingerprint density at radius 1 is 1.15 bits per heavy atom. The van der Waals surface area contributed by atoms with E-state index >= 15 is 0 Å². The van der Waals surface area contributed by atoms with Gasteiger partial charge < -0.3 is 14.6 Å². The second kappa shape index (κ2) is 6.47. The lowest BCUT2D eigenvalue weighted by Gasteiger charge is -2.45. The summed E-state index contributed by atoms with van der Waals surface area (Å²) in [6.07, 6.45) is 1.29. The van der Waals surface area contributed by atoms with E-state index in [-0.39, 0.29) is 11.5 Å². The summed E-state index contributed by atoms with van der Waals surface area (Å²) in [7, 11) is 4.21. The third-order valence-corrected chi connectivity index (χ3v) is 6.62. The lowest BCUT2D eigenvalue weighted by atomic mass is 9.67. The summed E-state index contributed by atoms with van der Waals surface area (Å²) in [5, 5.41) is 20.6. The molecule has 1 aliphatic heterocycles. The molecule has 1 saturated carbocycles. The number of anilines is 1. The highest BCUT2D eigenvalue weighted by Crippen LogP contribution is 2.50. The van der Waals surface area contributed by atoms with Gasteiger partial charge in [0.1, 0.15) is 5.82 Å². The first kappa shape index (κ1) is 18.7. The van der Waals surface area contributed by atoms with Crippen molar-refractivity contribution >= 4 is 17.5 Å². The first-order valence-electron chi connectivity index (χ1n) is 9.53. The summed E-state index contributed by atoms with van der Waals surface area (Å²) in [6.45, 7) is 7.39. The topological polar surface area (TPSA) is 57.4 Å². The van der Waals surface area contributed by atoms with Crippen molar-refractivity contribution in [1.82, 2.24) is 19.7 Å². The number of hydrogen-bond donors (Lipinski definition) is 1. The monoisotopic (exact) mass is 389 g/mol. The molecule has 4 rings (SSSR count). The molecule has 2 aliphatic rings. The standard InChI is InChI=1S/C20H28ClN5O/c1-19(2)13-26(9-8-24(19)3)18-23-22-17(25(18)4)14-11-20(27,12-14)15-6-5-7-16(21)10-15/h5-7,10,14,27H,8-9,11-13H2,1-4H3. The zero-order chi connectivity index (χ0) is 19.4. The summed E-state index contributed by atoms with van der Waals surface area (Å²) in [5.74, 6) is 2.08. The molecule has 0 spiro atoms. The number of hydrogen-bond acceptors (Lipinski definition) is 5. The predicted octanol–water partition coefficient (Wildman–Crippen LogP) is 2.76. The highest BCUT2D eigenvalue weighted by Gasteiger charge is 2.47. The number of nitrogens with zero attached hydrogens (tertiary/aromatic N) is 5. The summed E-state index contributed by atoms with van der Waals surface area (Å²) in [6, 6.07) is 7.51. The zero-order valence-corrected chi connectivity index (χ0v) is 17.2. The molecular weight excluding hydrogens is 362 g/mol. The van der Waals surface area contributed by atoms with Gasteiger partial charge in [-0.25, -0.2) is 0 Å². The molecule has 1 aromatic carbocycles. The molecular formula is C20H28ClN5O. The second-order valence-corrected chi connectivity index (χ2v) is 9.16. The zero-order valence-electron chi connectivity index (χ0n) is 16.5. The van der Waals surface area contributed by atoms with Gasteiger partial charge in [-0.05, 0) is 51.4 Å². The minimum absolute atomic E-state index is 0.105. The smallest absolute Gasteiger partial charge is 0.227 e. The number of aromatic nitrogens is 3. The lowest BCUT2D eigenvalue weighted by molar-refractivity contribution is -0.0575. The van der Waals surface area contributed by atoms with E-state index in [1.165, 1.54) is 0 Å². The fourth-order valence-corrected chi connectivity index (χ4v) is 4.52. The van der Waals surface area contributed by atoms with E-state index in [1.807, 2.05) is 31.3 Å². The Hall–Kier alpha value is -1.63. The van der Waals surface area contributed by atoms with E-state index in [1.54, 1.807) is 0 Å². The molecule has 2 aromatic rings. The Morgan fingerprint density at radius 3 is 2.56 bits per heavy atom. The highest BCUT2D eigenvalue weighted by molar-refractivity contribution is 6.30. The molecule has 0 bridgehead atoms. The highest BCUT2D eigenvalue weighted by atomic mass is 35.5. The van der Waals surface area contributed by atoms with Gasteiger partial charge in [0.05, 0.1) is 5.60 Å². The van der Waals surface area contributed by atoms with Crippen molar-refractivity contribution in [3.05, 3.63) is 40.7 Å². The van der Waals surface area contributed by atoms with Crippen molar-refractivity contribution < 1.29 is 5.11 Å². The van der Waals surface area contributed by atoms with Gasteiger partial charge in [-0.3, -0.25) is 4.90 Å². The van der Waals surface area contributed by atoms with Gasteiger partial charge in [-0.2, -0.15) is 0 Å². The van der Waals surface area contributed by atoms with Gasteiger partial charge >= 0.3 is 0 Å². The van der Waals surface area contributed by atoms with Crippen molar-refractivity contribution in [1.29, 1.82) is 0 Å². The number of likely N-dealkylation sites (N-methyl/N-ethyl adjacent to an activating group) is 1. The van der Waals surface area contributed by atoms with E-state index in [4.69, 9.17) is 11.6 Å². The van der Waals surface area contributed by atoms with Crippen molar-refractivity contribution in [3.63, 3.8) is 0 Å². The molecule has 1 saturated heterocycles. The normalized spacial score (nSPS) is 28.2. The van der Waals surface area contributed by atoms with Gasteiger partial charge in [0.15, 0.2) is 0 Å². The minimum atomic E-state index is -0.822. The molecule has 1 N–H and O–H groups in total. The van der Waals surface area contributed by atoms with Gasteiger partial charge in [0, 0.05) is 43.2 Å². The van der Waals surface area contributed by atoms with Crippen molar-refractivity contribution in [2.24, 2.45) is 7.05 Å². The quantitative estimate of drug-likeness (QED) is 0.874. The van der Waals surface area contributed by atoms with Crippen LogP contribution >= 0.6 is 11.6 Å². The molecule has 6 nitrogen and oxygen atoms in total. The number of benzene rings is 1. The average Bonchev–Trinajstić information content (AvgIpc) is 2.95. The summed E-state index contributed by atoms with van der Waals surface area (Å²) >= 11 is 6.09. The SMILES string of the molecule is CN1CCN(c2nnc(C3CC(O)(c4cccc(Cl)c4)C3)n2C)CC1(C)C. The molecule has 1 aliphatic carbocycles. The Morgan fingerprint density at radius 2 is 1.89 bits per heavy atom. The van der Waals surface area contributed by atoms with E-state index in [0.717, 1.165) is 37.0 Å². The van der Waals surface area contributed by atoms with E-state index < -0.39 is 5.60 Å². The molecule has 146 valence electrons. The number of halogens is 1. The van der Waals surface area contributed by atoms with Crippen LogP contribution in [0, 0.1) is 0 Å². The number of aliphatic hydroxyl groups is 1. The molecule has 2 fully saturated rings. The second-order valence-electron chi connectivity index (χ2n) is 8.72. The maximum atomic E-state index is 10.9. The third kappa shape index (κ3) is 3.24. The number of rotatable bonds is 3. The molecule has 0 unspecified atom stereocenters. The van der Waals surface area contributed by atoms with Crippen LogP contribution < -0.4 is 4.90 Å². The fourth-order valence-electron chi connectivity index (χ4n) is 4.33. The summed E-state index contributed by atoms with van der Waals surface area (Å²) in [5.41, 5.74) is 0.167. The molecule has 1 aromatic heterocycles. The average molecular weight is 390 g/mol. The van der Waals surface area contributed by atoms with E-state index in [9.17, 15) is 5.11 Å². The van der Waals surface area contributed by atoms with Gasteiger partial charge in [-0.1, -0.05) is 23.7 Å². The Labute approximate surface area is 165 Å². The first-order valence-corrected chi connectivity index (χ1v) is 9.91. The van der Waals surface area contributed by atoms with Crippen molar-refractivity contribution in [3.8, 4) is 0 Å². The molecule has 2 heterocycles. The first-order chi connectivity index (χ1) is 12.7. The maximum Gasteiger partial charge on any atom is 0.227 e. The van der Waals surface area contributed by atoms with Crippen LogP contribution in [0.25, 0.3) is 0 Å². The van der Waals surface area contributed by atoms with Crippen LogP contribution in [0.2, 0.25) is 5.02 Å². The van der Waals surface area contributed by atoms with Gasteiger partial charge in [0.25, 0.3) is 0 Å². The maximum absolute atomic E-state index is 10.9.